The van der Waals surface area contributed by atoms with E-state index in [9.17, 15) is 0 Å². The van der Waals surface area contributed by atoms with Crippen LogP contribution in [-0.2, 0) is 0 Å². The summed E-state index contributed by atoms with van der Waals surface area (Å²) in [6.07, 6.45) is 0. The molecule has 13 rings (SSSR count). The lowest BCUT2D eigenvalue weighted by Gasteiger charge is -2.34. The van der Waals surface area contributed by atoms with E-state index in [1.165, 1.54) is 48.1 Å². The van der Waals surface area contributed by atoms with Gasteiger partial charge in [-0.1, -0.05) is 224 Å². The molecule has 0 saturated heterocycles. The average Bonchev–Trinajstić information content (AvgIpc) is 3.95. The third-order valence-electron chi connectivity index (χ3n) is 13.9. The standard InChI is InChI=1S/C64H44N4Si/c1-5-19-45(20-6-1)46-33-35-48(36-34-46)64-65-58(47-37-40-53(41-38-47)69(50-21-7-2-8-22-50,51-23-9-3-10-24-51)52-25-11-4-12-26-52)44-63(66-64)68-61-32-18-15-29-56(61)57-43-49(39-42-62(57)68)67-59-30-16-13-27-54(59)55-28-14-17-31-60(55)67/h1-44H. The van der Waals surface area contributed by atoms with Gasteiger partial charge in [0.2, 0.25) is 0 Å². The zero-order valence-electron chi connectivity index (χ0n) is 37.7. The van der Waals surface area contributed by atoms with Gasteiger partial charge in [0.15, 0.2) is 13.9 Å². The first-order valence-corrected chi connectivity index (χ1v) is 25.6. The fourth-order valence-corrected chi connectivity index (χ4v) is 15.5. The van der Waals surface area contributed by atoms with Crippen molar-refractivity contribution < 1.29 is 0 Å². The molecule has 0 aliphatic heterocycles. The molecule has 3 aromatic heterocycles. The molecule has 0 bridgehead atoms. The van der Waals surface area contributed by atoms with E-state index in [0.717, 1.165) is 55.7 Å². The molecule has 4 nitrogen and oxygen atoms in total. The van der Waals surface area contributed by atoms with E-state index in [0.29, 0.717) is 5.82 Å². The maximum absolute atomic E-state index is 5.46. The third-order valence-corrected chi connectivity index (χ3v) is 18.7. The molecule has 0 saturated carbocycles. The van der Waals surface area contributed by atoms with Crippen LogP contribution in [0, 0.1) is 0 Å². The zero-order valence-corrected chi connectivity index (χ0v) is 38.7. The molecule has 0 fully saturated rings. The van der Waals surface area contributed by atoms with E-state index in [4.69, 9.17) is 9.97 Å². The van der Waals surface area contributed by atoms with E-state index < -0.39 is 8.07 Å². The second-order valence-corrected chi connectivity index (χ2v) is 21.5. The van der Waals surface area contributed by atoms with Gasteiger partial charge in [0.1, 0.15) is 5.82 Å². The minimum Gasteiger partial charge on any atom is -0.309 e. The van der Waals surface area contributed by atoms with E-state index in [-0.39, 0.29) is 0 Å². The first kappa shape index (κ1) is 40.4. The summed E-state index contributed by atoms with van der Waals surface area (Å²) in [5.41, 5.74) is 10.8. The highest BCUT2D eigenvalue weighted by molar-refractivity contribution is 7.19. The molecule has 0 amide bonds. The van der Waals surface area contributed by atoms with Gasteiger partial charge >= 0.3 is 0 Å². The van der Waals surface area contributed by atoms with Gasteiger partial charge in [-0.3, -0.25) is 4.57 Å². The van der Waals surface area contributed by atoms with Crippen molar-refractivity contribution in [1.82, 2.24) is 19.1 Å². The van der Waals surface area contributed by atoms with Crippen molar-refractivity contribution in [2.45, 2.75) is 0 Å². The van der Waals surface area contributed by atoms with Crippen LogP contribution >= 0.6 is 0 Å². The number of aromatic nitrogens is 4. The van der Waals surface area contributed by atoms with Crippen molar-refractivity contribution in [2.24, 2.45) is 0 Å². The van der Waals surface area contributed by atoms with Gasteiger partial charge in [0.25, 0.3) is 0 Å². The lowest BCUT2D eigenvalue weighted by Crippen LogP contribution is -2.74. The number of para-hydroxylation sites is 3. The fourth-order valence-electron chi connectivity index (χ4n) is 10.8. The summed E-state index contributed by atoms with van der Waals surface area (Å²) in [5, 5.41) is 10.1. The molecule has 0 spiro atoms. The highest BCUT2D eigenvalue weighted by atomic mass is 28.3. The third kappa shape index (κ3) is 6.74. The summed E-state index contributed by atoms with van der Waals surface area (Å²) in [6.45, 7) is 0. The molecular weight excluding hydrogens is 853 g/mol. The van der Waals surface area contributed by atoms with Crippen molar-refractivity contribution >= 4 is 72.4 Å². The molecule has 0 N–H and O–H groups in total. The Morgan fingerprint density at radius 2 is 0.681 bits per heavy atom. The molecule has 0 radical (unpaired) electrons. The lowest BCUT2D eigenvalue weighted by atomic mass is 10.0. The molecule has 324 valence electrons. The lowest BCUT2D eigenvalue weighted by molar-refractivity contribution is 1.05. The second kappa shape index (κ2) is 16.8. The smallest absolute Gasteiger partial charge is 0.179 e. The van der Waals surface area contributed by atoms with Crippen LogP contribution in [0.15, 0.2) is 267 Å². The number of hydrogen-bond acceptors (Lipinski definition) is 2. The monoisotopic (exact) mass is 896 g/mol. The Labute approximate surface area is 401 Å². The first-order chi connectivity index (χ1) is 34.2. The zero-order chi connectivity index (χ0) is 45.7. The second-order valence-electron chi connectivity index (χ2n) is 17.7. The molecule has 3 heterocycles. The van der Waals surface area contributed by atoms with Crippen molar-refractivity contribution in [3.63, 3.8) is 0 Å². The van der Waals surface area contributed by atoms with Crippen LogP contribution in [-0.4, -0.2) is 27.2 Å². The number of benzene rings is 10. The number of rotatable bonds is 9. The van der Waals surface area contributed by atoms with E-state index in [2.05, 4.69) is 276 Å². The van der Waals surface area contributed by atoms with E-state index >= 15 is 0 Å². The molecule has 10 aromatic carbocycles. The highest BCUT2D eigenvalue weighted by Gasteiger charge is 2.41. The molecule has 0 aliphatic rings. The van der Waals surface area contributed by atoms with Crippen LogP contribution in [0.3, 0.4) is 0 Å². The Kier molecular flexibility index (Phi) is 9.81. The Morgan fingerprint density at radius 1 is 0.275 bits per heavy atom. The molecule has 0 unspecified atom stereocenters. The minimum absolute atomic E-state index is 0.667. The SMILES string of the molecule is c1ccc(-c2ccc(-c3nc(-c4ccc([Si](c5ccccc5)(c5ccccc5)c5ccccc5)cc4)cc(-n4c5ccccc5c5cc(-n6c7ccccc7c7ccccc76)ccc54)n3)cc2)cc1. The van der Waals surface area contributed by atoms with Crippen LogP contribution < -0.4 is 20.7 Å². The van der Waals surface area contributed by atoms with E-state index in [1.807, 2.05) is 0 Å². The average molecular weight is 897 g/mol. The van der Waals surface area contributed by atoms with Crippen LogP contribution in [0.1, 0.15) is 0 Å². The normalized spacial score (nSPS) is 11.8. The fraction of sp³-hybridized carbons (Fsp3) is 0. The Morgan fingerprint density at radius 3 is 1.23 bits per heavy atom. The number of nitrogens with zero attached hydrogens (tertiary/aromatic N) is 4. The summed E-state index contributed by atoms with van der Waals surface area (Å²) in [5.74, 6) is 1.48. The van der Waals surface area contributed by atoms with Crippen molar-refractivity contribution in [3.05, 3.63) is 267 Å². The van der Waals surface area contributed by atoms with Gasteiger partial charge in [-0.05, 0) is 68.3 Å². The quantitative estimate of drug-likeness (QED) is 0.107. The summed E-state index contributed by atoms with van der Waals surface area (Å²) in [7, 11) is -2.73. The maximum Gasteiger partial charge on any atom is 0.179 e. The topological polar surface area (TPSA) is 35.6 Å². The summed E-state index contributed by atoms with van der Waals surface area (Å²) < 4.78 is 4.71. The Balaban J connectivity index is 1.00. The van der Waals surface area contributed by atoms with Crippen LogP contribution in [0.5, 0.6) is 0 Å². The van der Waals surface area contributed by atoms with Crippen LogP contribution in [0.2, 0.25) is 0 Å². The minimum atomic E-state index is -2.73. The van der Waals surface area contributed by atoms with Gasteiger partial charge in [0.05, 0.1) is 27.8 Å². The maximum atomic E-state index is 5.46. The Bertz CT molecular complexity index is 3830. The summed E-state index contributed by atoms with van der Waals surface area (Å²) >= 11 is 0. The molecule has 13 aromatic rings. The van der Waals surface area contributed by atoms with Crippen LogP contribution in [0.4, 0.5) is 0 Å². The van der Waals surface area contributed by atoms with Crippen LogP contribution in [0.25, 0.3) is 88.9 Å². The van der Waals surface area contributed by atoms with Gasteiger partial charge in [-0.25, -0.2) is 9.97 Å². The Hall–Kier alpha value is -8.90. The predicted octanol–water partition coefficient (Wildman–Crippen LogP) is 13.0. The predicted molar refractivity (Wildman–Crippen MR) is 291 cm³/mol. The molecule has 0 atom stereocenters. The van der Waals surface area contributed by atoms with Crippen molar-refractivity contribution in [2.75, 3.05) is 0 Å². The summed E-state index contributed by atoms with van der Waals surface area (Å²) in [6, 6.07) is 96.8. The van der Waals surface area contributed by atoms with Crippen molar-refractivity contribution in [1.29, 1.82) is 0 Å². The van der Waals surface area contributed by atoms with E-state index in [1.54, 1.807) is 0 Å². The van der Waals surface area contributed by atoms with Gasteiger partial charge in [-0.2, -0.15) is 0 Å². The largest absolute Gasteiger partial charge is 0.309 e. The number of fused-ring (bicyclic) bond motifs is 6. The molecular formula is C64H44N4Si. The molecule has 69 heavy (non-hydrogen) atoms. The van der Waals surface area contributed by atoms with Gasteiger partial charge in [-0.15, -0.1) is 0 Å². The molecule has 0 aliphatic carbocycles. The summed E-state index contributed by atoms with van der Waals surface area (Å²) in [4.78, 5) is 10.9. The first-order valence-electron chi connectivity index (χ1n) is 23.6. The van der Waals surface area contributed by atoms with Gasteiger partial charge < -0.3 is 4.57 Å². The highest BCUT2D eigenvalue weighted by Crippen LogP contribution is 2.38. The molecule has 5 heteroatoms. The number of hydrogen-bond donors (Lipinski definition) is 0. The van der Waals surface area contributed by atoms with Gasteiger partial charge in [0, 0.05) is 44.4 Å². The van der Waals surface area contributed by atoms with Crippen molar-refractivity contribution in [3.8, 4) is 45.3 Å².